The molecule has 40 heavy (non-hydrogen) atoms. The van der Waals surface area contributed by atoms with Gasteiger partial charge in [0, 0.05) is 31.3 Å². The van der Waals surface area contributed by atoms with Gasteiger partial charge in [0.2, 0.25) is 5.95 Å². The lowest BCUT2D eigenvalue weighted by Crippen LogP contribution is -2.41. The Kier molecular flexibility index (Phi) is 7.86. The van der Waals surface area contributed by atoms with Gasteiger partial charge in [-0.15, -0.1) is 5.10 Å². The third-order valence-electron chi connectivity index (χ3n) is 7.96. The van der Waals surface area contributed by atoms with E-state index in [2.05, 4.69) is 69.8 Å². The molecule has 10 heteroatoms. The number of H-pyrrole nitrogens is 1. The van der Waals surface area contributed by atoms with E-state index in [-0.39, 0.29) is 11.9 Å². The van der Waals surface area contributed by atoms with Crippen LogP contribution in [-0.2, 0) is 13.6 Å². The van der Waals surface area contributed by atoms with Crippen molar-refractivity contribution in [2.75, 3.05) is 16.8 Å². The number of anilines is 2. The van der Waals surface area contributed by atoms with Crippen LogP contribution >= 0.6 is 0 Å². The molecular formula is C30H38N8O2. The Hall–Kier alpha value is -4.21. The lowest BCUT2D eigenvalue weighted by molar-refractivity contribution is 0.102. The summed E-state index contributed by atoms with van der Waals surface area (Å²) in [6.45, 7) is 11.9. The zero-order chi connectivity index (χ0) is 28.3. The standard InChI is InChI=1S/C30H38N8O2/c1-6-17-40-24-15-16-25-26(18-24)37(5)29(31-25)38(23-13-11-22(12-14-23)30(2,3)4)19-20-7-9-21(10-8-20)27(39)32-28-33-35-36-34-28/h6-10,15-16,18,22-23H,1,11-14,17,19H2,2-5H3,(H2,32,33,34,35,36,39). The number of aromatic amines is 1. The Morgan fingerprint density at radius 3 is 2.58 bits per heavy atom. The maximum absolute atomic E-state index is 12.6. The smallest absolute Gasteiger partial charge is 0.270 e. The molecule has 2 aromatic heterocycles. The van der Waals surface area contributed by atoms with E-state index >= 15 is 0 Å². The summed E-state index contributed by atoms with van der Waals surface area (Å²) in [6.07, 6.45) is 6.37. The number of ether oxygens (including phenoxy) is 1. The summed E-state index contributed by atoms with van der Waals surface area (Å²) in [7, 11) is 2.07. The van der Waals surface area contributed by atoms with Crippen molar-refractivity contribution in [3.8, 4) is 5.75 Å². The van der Waals surface area contributed by atoms with Gasteiger partial charge >= 0.3 is 0 Å². The number of benzene rings is 2. The topological polar surface area (TPSA) is 114 Å². The summed E-state index contributed by atoms with van der Waals surface area (Å²) in [5.41, 5.74) is 3.91. The minimum atomic E-state index is -0.282. The van der Waals surface area contributed by atoms with Crippen LogP contribution in [0.1, 0.15) is 62.4 Å². The van der Waals surface area contributed by atoms with Gasteiger partial charge in [0.15, 0.2) is 0 Å². The largest absolute Gasteiger partial charge is 0.489 e. The third-order valence-corrected chi connectivity index (χ3v) is 7.96. The van der Waals surface area contributed by atoms with E-state index in [9.17, 15) is 4.79 Å². The minimum absolute atomic E-state index is 0.144. The van der Waals surface area contributed by atoms with Crippen molar-refractivity contribution in [2.24, 2.45) is 18.4 Å². The predicted octanol–water partition coefficient (Wildman–Crippen LogP) is 5.52. The summed E-state index contributed by atoms with van der Waals surface area (Å²) in [5.74, 6) is 2.32. The first kappa shape index (κ1) is 27.4. The quantitative estimate of drug-likeness (QED) is 0.268. The molecule has 2 aromatic carbocycles. The van der Waals surface area contributed by atoms with Gasteiger partial charge in [-0.25, -0.2) is 4.98 Å². The first-order chi connectivity index (χ1) is 19.2. The van der Waals surface area contributed by atoms with Crippen molar-refractivity contribution < 1.29 is 9.53 Å². The average molecular weight is 543 g/mol. The summed E-state index contributed by atoms with van der Waals surface area (Å²) in [6, 6.07) is 14.1. The summed E-state index contributed by atoms with van der Waals surface area (Å²) in [4.78, 5) is 20.1. The van der Waals surface area contributed by atoms with Gasteiger partial charge < -0.3 is 14.2 Å². The highest BCUT2D eigenvalue weighted by molar-refractivity contribution is 6.03. The number of rotatable bonds is 9. The molecule has 210 valence electrons. The maximum atomic E-state index is 12.6. The van der Waals surface area contributed by atoms with E-state index in [0.29, 0.717) is 36.1 Å². The van der Waals surface area contributed by atoms with E-state index < -0.39 is 0 Å². The monoisotopic (exact) mass is 542 g/mol. The SMILES string of the molecule is C=CCOc1ccc2nc(N(Cc3ccc(C(=O)Nc4nn[nH]n4)cc3)C3CCC(C(C)(C)C)CC3)n(C)c2c1. The van der Waals surface area contributed by atoms with Crippen LogP contribution in [0.25, 0.3) is 11.0 Å². The summed E-state index contributed by atoms with van der Waals surface area (Å²) in [5, 5.41) is 16.0. The first-order valence-electron chi connectivity index (χ1n) is 13.8. The number of nitrogens with zero attached hydrogens (tertiary/aromatic N) is 6. The van der Waals surface area contributed by atoms with Gasteiger partial charge in [-0.05, 0) is 72.1 Å². The Labute approximate surface area is 234 Å². The van der Waals surface area contributed by atoms with Crippen LogP contribution in [-0.4, -0.2) is 48.7 Å². The van der Waals surface area contributed by atoms with Crippen molar-refractivity contribution in [3.63, 3.8) is 0 Å². The number of aromatic nitrogens is 6. The van der Waals surface area contributed by atoms with Crippen LogP contribution in [0.15, 0.2) is 55.1 Å². The molecule has 10 nitrogen and oxygen atoms in total. The number of hydrogen-bond acceptors (Lipinski definition) is 7. The number of imidazole rings is 1. The zero-order valence-corrected chi connectivity index (χ0v) is 23.7. The number of amides is 1. The van der Waals surface area contributed by atoms with Crippen LogP contribution in [0, 0.1) is 11.3 Å². The second-order valence-electron chi connectivity index (χ2n) is 11.6. The van der Waals surface area contributed by atoms with E-state index in [1.165, 1.54) is 12.8 Å². The molecule has 2 N–H and O–H groups in total. The van der Waals surface area contributed by atoms with Crippen molar-refractivity contribution >= 4 is 28.8 Å². The van der Waals surface area contributed by atoms with Gasteiger partial charge in [-0.2, -0.15) is 5.21 Å². The van der Waals surface area contributed by atoms with Gasteiger partial charge in [-0.3, -0.25) is 10.1 Å². The molecule has 5 rings (SSSR count). The van der Waals surface area contributed by atoms with Crippen molar-refractivity contribution in [1.29, 1.82) is 0 Å². The van der Waals surface area contributed by atoms with Crippen molar-refractivity contribution in [1.82, 2.24) is 30.2 Å². The minimum Gasteiger partial charge on any atom is -0.489 e. The molecule has 4 aromatic rings. The van der Waals surface area contributed by atoms with Crippen LogP contribution in [0.3, 0.4) is 0 Å². The lowest BCUT2D eigenvalue weighted by atomic mass is 9.71. The number of aryl methyl sites for hydroxylation is 1. The Morgan fingerprint density at radius 2 is 1.93 bits per heavy atom. The second kappa shape index (κ2) is 11.5. The molecule has 0 unspecified atom stereocenters. The number of nitrogens with one attached hydrogen (secondary N) is 2. The second-order valence-corrected chi connectivity index (χ2v) is 11.6. The molecule has 1 saturated carbocycles. The van der Waals surface area contributed by atoms with E-state index in [1.54, 1.807) is 6.08 Å². The number of carbonyl (C=O) groups excluding carboxylic acids is 1. The third kappa shape index (κ3) is 6.00. The fraction of sp³-hybridized carbons (Fsp3) is 0.433. The number of hydrogen-bond donors (Lipinski definition) is 2. The fourth-order valence-electron chi connectivity index (χ4n) is 5.62. The number of carbonyl (C=O) groups is 1. The van der Waals surface area contributed by atoms with Crippen molar-refractivity contribution in [3.05, 3.63) is 66.2 Å². The molecule has 2 heterocycles. The zero-order valence-electron chi connectivity index (χ0n) is 23.7. The van der Waals surface area contributed by atoms with E-state index in [1.807, 2.05) is 42.5 Å². The van der Waals surface area contributed by atoms with Gasteiger partial charge in [0.05, 0.1) is 11.0 Å². The summed E-state index contributed by atoms with van der Waals surface area (Å²) >= 11 is 0. The number of fused-ring (bicyclic) bond motifs is 1. The average Bonchev–Trinajstić information content (AvgIpc) is 3.58. The Balaban J connectivity index is 1.41. The fourth-order valence-corrected chi connectivity index (χ4v) is 5.62. The van der Waals surface area contributed by atoms with Crippen molar-refractivity contribution in [2.45, 2.75) is 59.0 Å². The van der Waals surface area contributed by atoms with E-state index in [4.69, 9.17) is 9.72 Å². The highest BCUT2D eigenvalue weighted by Gasteiger charge is 2.33. The molecule has 0 atom stereocenters. The highest BCUT2D eigenvalue weighted by atomic mass is 16.5. The molecule has 1 fully saturated rings. The molecule has 0 bridgehead atoms. The highest BCUT2D eigenvalue weighted by Crippen LogP contribution is 2.40. The molecule has 0 aliphatic heterocycles. The molecule has 1 aliphatic rings. The van der Waals surface area contributed by atoms with Crippen LogP contribution in [0.2, 0.25) is 0 Å². The predicted molar refractivity (Wildman–Crippen MR) is 156 cm³/mol. The van der Waals surface area contributed by atoms with E-state index in [0.717, 1.165) is 41.1 Å². The first-order valence-corrected chi connectivity index (χ1v) is 13.8. The molecule has 0 spiro atoms. The summed E-state index contributed by atoms with van der Waals surface area (Å²) < 4.78 is 7.95. The molecule has 1 amide bonds. The van der Waals surface area contributed by atoms with Crippen LogP contribution in [0.5, 0.6) is 5.75 Å². The van der Waals surface area contributed by atoms with Gasteiger partial charge in [-0.1, -0.05) is 50.7 Å². The molecule has 0 saturated heterocycles. The van der Waals surface area contributed by atoms with Gasteiger partial charge in [0.1, 0.15) is 12.4 Å². The maximum Gasteiger partial charge on any atom is 0.270 e. The molecular weight excluding hydrogens is 504 g/mol. The Bertz CT molecular complexity index is 1450. The normalized spacial score (nSPS) is 17.5. The van der Waals surface area contributed by atoms with Crippen LogP contribution in [0.4, 0.5) is 11.9 Å². The van der Waals surface area contributed by atoms with Gasteiger partial charge in [0.25, 0.3) is 11.9 Å². The Morgan fingerprint density at radius 1 is 1.18 bits per heavy atom. The van der Waals surface area contributed by atoms with Crippen LogP contribution < -0.4 is 15.0 Å². The number of tetrazole rings is 1. The molecule has 1 aliphatic carbocycles. The lowest BCUT2D eigenvalue weighted by Gasteiger charge is -2.41. The molecule has 0 radical (unpaired) electrons.